The molecule has 0 saturated carbocycles. The average Bonchev–Trinajstić information content (AvgIpc) is 3.03. The van der Waals surface area contributed by atoms with Gasteiger partial charge in [0.2, 0.25) is 0 Å². The van der Waals surface area contributed by atoms with Crippen molar-refractivity contribution >= 4 is 28.2 Å². The van der Waals surface area contributed by atoms with Gasteiger partial charge in [0.05, 0.1) is 12.2 Å². The van der Waals surface area contributed by atoms with Crippen molar-refractivity contribution < 1.29 is 19.1 Å². The predicted molar refractivity (Wildman–Crippen MR) is 121 cm³/mol. The highest BCUT2D eigenvalue weighted by Gasteiger charge is 2.29. The number of aryl methyl sites for hydroxylation is 1. The van der Waals surface area contributed by atoms with Crippen LogP contribution in [0, 0.1) is 12.8 Å². The summed E-state index contributed by atoms with van der Waals surface area (Å²) >= 11 is 1.49. The number of fused-ring (bicyclic) bond motifs is 1. The fraction of sp³-hybridized carbons (Fsp3) is 0.500. The number of thiophene rings is 1. The van der Waals surface area contributed by atoms with Crippen molar-refractivity contribution in [3.63, 3.8) is 0 Å². The SMILES string of the molecule is CCOC(=O)c1c(NC(=O)COc2ccc(C(C)C)c(C)c2)sc2c1CCC(C)C2. The van der Waals surface area contributed by atoms with Gasteiger partial charge in [0, 0.05) is 4.88 Å². The summed E-state index contributed by atoms with van der Waals surface area (Å²) in [7, 11) is 0. The Kier molecular flexibility index (Phi) is 7.19. The van der Waals surface area contributed by atoms with Crippen LogP contribution >= 0.6 is 11.3 Å². The summed E-state index contributed by atoms with van der Waals surface area (Å²) < 4.78 is 11.0. The van der Waals surface area contributed by atoms with Crippen LogP contribution in [0.2, 0.25) is 0 Å². The van der Waals surface area contributed by atoms with Gasteiger partial charge in [0.15, 0.2) is 6.61 Å². The van der Waals surface area contributed by atoms with Gasteiger partial charge in [-0.1, -0.05) is 26.8 Å². The summed E-state index contributed by atoms with van der Waals surface area (Å²) in [4.78, 5) is 26.3. The second-order valence-electron chi connectivity index (χ2n) is 8.29. The first kappa shape index (κ1) is 22.3. The number of ether oxygens (including phenoxy) is 2. The summed E-state index contributed by atoms with van der Waals surface area (Å²) in [6.07, 6.45) is 2.81. The van der Waals surface area contributed by atoms with Gasteiger partial charge in [-0.2, -0.15) is 0 Å². The van der Waals surface area contributed by atoms with Gasteiger partial charge in [-0.25, -0.2) is 4.79 Å². The normalized spacial score (nSPS) is 15.6. The summed E-state index contributed by atoms with van der Waals surface area (Å²) in [6.45, 7) is 10.6. The quantitative estimate of drug-likeness (QED) is 0.590. The first-order chi connectivity index (χ1) is 14.3. The number of carbonyl (C=O) groups is 2. The van der Waals surface area contributed by atoms with Crippen LogP contribution in [0.5, 0.6) is 5.75 Å². The lowest BCUT2D eigenvalue weighted by Crippen LogP contribution is -2.21. The summed E-state index contributed by atoms with van der Waals surface area (Å²) in [5.74, 6) is 1.04. The average molecular weight is 430 g/mol. The second-order valence-corrected chi connectivity index (χ2v) is 9.39. The van der Waals surface area contributed by atoms with Gasteiger partial charge in [-0.3, -0.25) is 4.79 Å². The Morgan fingerprint density at radius 3 is 2.73 bits per heavy atom. The molecule has 0 fully saturated rings. The Bertz CT molecular complexity index is 932. The third kappa shape index (κ3) is 5.04. The Balaban J connectivity index is 1.72. The lowest BCUT2D eigenvalue weighted by Gasteiger charge is -2.18. The zero-order valence-corrected chi connectivity index (χ0v) is 19.3. The highest BCUT2D eigenvalue weighted by atomic mass is 32.1. The number of benzene rings is 1. The predicted octanol–water partition coefficient (Wildman–Crippen LogP) is 5.50. The third-order valence-electron chi connectivity index (χ3n) is 5.48. The van der Waals surface area contributed by atoms with Crippen LogP contribution < -0.4 is 10.1 Å². The molecule has 2 aromatic rings. The lowest BCUT2D eigenvalue weighted by atomic mass is 9.88. The van der Waals surface area contributed by atoms with E-state index in [9.17, 15) is 9.59 Å². The molecule has 0 saturated heterocycles. The van der Waals surface area contributed by atoms with E-state index >= 15 is 0 Å². The molecule has 1 heterocycles. The number of nitrogens with one attached hydrogen (secondary N) is 1. The Morgan fingerprint density at radius 1 is 1.30 bits per heavy atom. The second kappa shape index (κ2) is 9.65. The molecule has 1 aliphatic rings. The van der Waals surface area contributed by atoms with Crippen LogP contribution in [0.4, 0.5) is 5.00 Å². The molecular formula is C24H31NO4S. The standard InChI is InChI=1S/C24H31NO4S/c1-6-28-24(27)22-19-9-7-15(4)11-20(19)30-23(22)25-21(26)13-29-17-8-10-18(14(2)3)16(5)12-17/h8,10,12,14-15H,6-7,9,11,13H2,1-5H3,(H,25,26). The Morgan fingerprint density at radius 2 is 2.07 bits per heavy atom. The van der Waals surface area contributed by atoms with Crippen LogP contribution in [0.1, 0.15) is 72.0 Å². The van der Waals surface area contributed by atoms with E-state index in [0.717, 1.165) is 30.4 Å². The molecular weight excluding hydrogens is 398 g/mol. The van der Waals surface area contributed by atoms with Gasteiger partial charge in [-0.15, -0.1) is 11.3 Å². The molecule has 162 valence electrons. The minimum Gasteiger partial charge on any atom is -0.484 e. The van der Waals surface area contributed by atoms with E-state index in [4.69, 9.17) is 9.47 Å². The van der Waals surface area contributed by atoms with Crippen LogP contribution in [0.25, 0.3) is 0 Å². The Labute approximate surface area is 182 Å². The van der Waals surface area contributed by atoms with Crippen LogP contribution in [0.3, 0.4) is 0 Å². The first-order valence-corrected chi connectivity index (χ1v) is 11.5. The fourth-order valence-corrected chi connectivity index (χ4v) is 5.37. The minimum atomic E-state index is -0.360. The van der Waals surface area contributed by atoms with Gasteiger partial charge in [0.1, 0.15) is 10.8 Å². The number of hydrogen-bond donors (Lipinski definition) is 1. The van der Waals surface area contributed by atoms with E-state index in [-0.39, 0.29) is 18.5 Å². The number of rotatable bonds is 7. The van der Waals surface area contributed by atoms with Crippen molar-refractivity contribution in [1.82, 2.24) is 0 Å². The van der Waals surface area contributed by atoms with E-state index in [1.165, 1.54) is 21.8 Å². The van der Waals surface area contributed by atoms with E-state index in [1.54, 1.807) is 6.92 Å². The molecule has 6 heteroatoms. The molecule has 1 amide bonds. The van der Waals surface area contributed by atoms with E-state index in [1.807, 2.05) is 25.1 Å². The fourth-order valence-electron chi connectivity index (χ4n) is 3.96. The molecule has 0 radical (unpaired) electrons. The molecule has 0 bridgehead atoms. The highest BCUT2D eigenvalue weighted by Crippen LogP contribution is 2.40. The number of amides is 1. The van der Waals surface area contributed by atoms with Crippen LogP contribution in [-0.2, 0) is 22.4 Å². The van der Waals surface area contributed by atoms with Gasteiger partial charge >= 0.3 is 5.97 Å². The molecule has 1 aromatic heterocycles. The maximum Gasteiger partial charge on any atom is 0.341 e. The maximum absolute atomic E-state index is 12.6. The smallest absolute Gasteiger partial charge is 0.341 e. The molecule has 1 aliphatic carbocycles. The first-order valence-electron chi connectivity index (χ1n) is 10.6. The van der Waals surface area contributed by atoms with Gasteiger partial charge < -0.3 is 14.8 Å². The van der Waals surface area contributed by atoms with Crippen molar-refractivity contribution in [3.05, 3.63) is 45.3 Å². The molecule has 1 aromatic carbocycles. The summed E-state index contributed by atoms with van der Waals surface area (Å²) in [5, 5.41) is 3.47. The van der Waals surface area contributed by atoms with Crippen molar-refractivity contribution in [2.45, 2.75) is 59.8 Å². The maximum atomic E-state index is 12.6. The molecule has 0 aliphatic heterocycles. The number of anilines is 1. The largest absolute Gasteiger partial charge is 0.484 e. The van der Waals surface area contributed by atoms with E-state index in [0.29, 0.717) is 34.8 Å². The molecule has 1 unspecified atom stereocenters. The van der Waals surface area contributed by atoms with Gasteiger partial charge in [0.25, 0.3) is 5.91 Å². The summed E-state index contributed by atoms with van der Waals surface area (Å²) in [6, 6.07) is 5.89. The van der Waals surface area contributed by atoms with Crippen molar-refractivity contribution in [2.75, 3.05) is 18.5 Å². The van der Waals surface area contributed by atoms with Crippen LogP contribution in [-0.4, -0.2) is 25.1 Å². The molecule has 5 nitrogen and oxygen atoms in total. The number of hydrogen-bond acceptors (Lipinski definition) is 5. The molecule has 30 heavy (non-hydrogen) atoms. The zero-order chi connectivity index (χ0) is 21.8. The minimum absolute atomic E-state index is 0.109. The Hall–Kier alpha value is -2.34. The van der Waals surface area contributed by atoms with Crippen molar-refractivity contribution in [2.24, 2.45) is 5.92 Å². The number of carbonyl (C=O) groups excluding carboxylic acids is 2. The lowest BCUT2D eigenvalue weighted by molar-refractivity contribution is -0.118. The third-order valence-corrected chi connectivity index (χ3v) is 6.65. The highest BCUT2D eigenvalue weighted by molar-refractivity contribution is 7.17. The monoisotopic (exact) mass is 429 g/mol. The van der Waals surface area contributed by atoms with Gasteiger partial charge in [-0.05, 0) is 73.8 Å². The summed E-state index contributed by atoms with van der Waals surface area (Å²) in [5.41, 5.74) is 3.97. The molecule has 1 atom stereocenters. The topological polar surface area (TPSA) is 64.6 Å². The number of esters is 1. The van der Waals surface area contributed by atoms with Crippen molar-refractivity contribution in [1.29, 1.82) is 0 Å². The molecule has 1 N–H and O–H groups in total. The van der Waals surface area contributed by atoms with E-state index < -0.39 is 0 Å². The molecule has 0 spiro atoms. The molecule has 3 rings (SSSR count). The van der Waals surface area contributed by atoms with Crippen LogP contribution in [0.15, 0.2) is 18.2 Å². The van der Waals surface area contributed by atoms with Crippen molar-refractivity contribution in [3.8, 4) is 5.75 Å². The zero-order valence-electron chi connectivity index (χ0n) is 18.5. The van der Waals surface area contributed by atoms with E-state index in [2.05, 4.69) is 26.1 Å².